The van der Waals surface area contributed by atoms with Gasteiger partial charge in [0, 0.05) is 25.7 Å². The number of nitrogens with zero attached hydrogens (tertiary/aromatic N) is 2. The SMILES string of the molecule is CC(C)n1c(=O)sc2cc(S(=O)(=O)NCCCN3CCOCC3)ccc21. The number of aromatic nitrogens is 1. The van der Waals surface area contributed by atoms with Crippen molar-refractivity contribution in [2.24, 2.45) is 0 Å². The van der Waals surface area contributed by atoms with Crippen LogP contribution in [-0.4, -0.2) is 57.3 Å². The van der Waals surface area contributed by atoms with Crippen LogP contribution in [0, 0.1) is 0 Å². The Morgan fingerprint density at radius 2 is 2.00 bits per heavy atom. The maximum absolute atomic E-state index is 12.5. The Hall–Kier alpha value is -1.26. The highest BCUT2D eigenvalue weighted by Crippen LogP contribution is 2.23. The summed E-state index contributed by atoms with van der Waals surface area (Å²) in [5, 5.41) is 0. The number of ether oxygens (including phenoxy) is 1. The van der Waals surface area contributed by atoms with Crippen molar-refractivity contribution >= 4 is 31.6 Å². The predicted octanol–water partition coefficient (Wildman–Crippen LogP) is 1.64. The van der Waals surface area contributed by atoms with E-state index in [-0.39, 0.29) is 15.8 Å². The zero-order chi connectivity index (χ0) is 18.7. The molecule has 2 aromatic rings. The number of hydrogen-bond acceptors (Lipinski definition) is 6. The van der Waals surface area contributed by atoms with Crippen LogP contribution >= 0.6 is 11.3 Å². The van der Waals surface area contributed by atoms with Crippen molar-refractivity contribution in [3.63, 3.8) is 0 Å². The molecule has 9 heteroatoms. The minimum Gasteiger partial charge on any atom is -0.379 e. The molecule has 144 valence electrons. The van der Waals surface area contributed by atoms with Crippen LogP contribution in [0.3, 0.4) is 0 Å². The fraction of sp³-hybridized carbons (Fsp3) is 0.588. The molecule has 1 aliphatic rings. The van der Waals surface area contributed by atoms with E-state index in [4.69, 9.17) is 4.74 Å². The fourth-order valence-corrected chi connectivity index (χ4v) is 5.32. The van der Waals surface area contributed by atoms with Crippen LogP contribution in [0.25, 0.3) is 10.2 Å². The number of thiazole rings is 1. The molecule has 0 saturated carbocycles. The van der Waals surface area contributed by atoms with Gasteiger partial charge in [-0.05, 0) is 45.0 Å². The van der Waals surface area contributed by atoms with Gasteiger partial charge in [0.1, 0.15) is 0 Å². The Balaban J connectivity index is 1.66. The van der Waals surface area contributed by atoms with E-state index < -0.39 is 10.0 Å². The first-order valence-electron chi connectivity index (χ1n) is 8.83. The van der Waals surface area contributed by atoms with Crippen LogP contribution in [0.15, 0.2) is 27.9 Å². The van der Waals surface area contributed by atoms with Gasteiger partial charge in [0.2, 0.25) is 10.0 Å². The lowest BCUT2D eigenvalue weighted by molar-refractivity contribution is 0.0376. The predicted molar refractivity (Wildman–Crippen MR) is 104 cm³/mol. The maximum atomic E-state index is 12.5. The molecular weight excluding hydrogens is 374 g/mol. The number of benzene rings is 1. The number of rotatable bonds is 7. The fourth-order valence-electron chi connectivity index (χ4n) is 3.09. The topological polar surface area (TPSA) is 80.6 Å². The summed E-state index contributed by atoms with van der Waals surface area (Å²) in [7, 11) is -3.58. The third-order valence-corrected chi connectivity index (χ3v) is 6.84. The van der Waals surface area contributed by atoms with E-state index in [1.807, 2.05) is 13.8 Å². The average Bonchev–Trinajstić information content (AvgIpc) is 2.94. The Morgan fingerprint density at radius 1 is 1.27 bits per heavy atom. The Labute approximate surface area is 157 Å². The highest BCUT2D eigenvalue weighted by molar-refractivity contribution is 7.89. The second-order valence-electron chi connectivity index (χ2n) is 6.67. The molecule has 26 heavy (non-hydrogen) atoms. The zero-order valence-electron chi connectivity index (χ0n) is 15.1. The molecule has 1 aromatic heterocycles. The third kappa shape index (κ3) is 4.34. The summed E-state index contributed by atoms with van der Waals surface area (Å²) in [6.45, 7) is 8.40. The van der Waals surface area contributed by atoms with Gasteiger partial charge in [-0.1, -0.05) is 11.3 Å². The summed E-state index contributed by atoms with van der Waals surface area (Å²) in [6, 6.07) is 4.91. The first-order valence-corrected chi connectivity index (χ1v) is 11.1. The van der Waals surface area contributed by atoms with E-state index in [9.17, 15) is 13.2 Å². The van der Waals surface area contributed by atoms with Crippen molar-refractivity contribution in [3.05, 3.63) is 27.9 Å². The molecule has 0 spiro atoms. The van der Waals surface area contributed by atoms with Crippen molar-refractivity contribution in [1.29, 1.82) is 0 Å². The minimum absolute atomic E-state index is 0.0389. The van der Waals surface area contributed by atoms with Gasteiger partial charge in [0.15, 0.2) is 0 Å². The zero-order valence-corrected chi connectivity index (χ0v) is 16.7. The van der Waals surface area contributed by atoms with Crippen molar-refractivity contribution in [1.82, 2.24) is 14.2 Å². The van der Waals surface area contributed by atoms with Crippen LogP contribution < -0.4 is 9.60 Å². The number of fused-ring (bicyclic) bond motifs is 1. The van der Waals surface area contributed by atoms with Crippen molar-refractivity contribution < 1.29 is 13.2 Å². The van der Waals surface area contributed by atoms with Gasteiger partial charge >= 0.3 is 4.87 Å². The molecule has 7 nitrogen and oxygen atoms in total. The molecule has 0 radical (unpaired) electrons. The minimum atomic E-state index is -3.58. The smallest absolute Gasteiger partial charge is 0.308 e. The number of morpholine rings is 1. The standard InChI is InChI=1S/C17H25N3O4S2/c1-13(2)20-15-5-4-14(12-16(15)25-17(20)21)26(22,23)18-6-3-7-19-8-10-24-11-9-19/h4-5,12-13,18H,3,6-11H2,1-2H3. The van der Waals surface area contributed by atoms with E-state index >= 15 is 0 Å². The number of hydrogen-bond donors (Lipinski definition) is 1. The van der Waals surface area contributed by atoms with Crippen LogP contribution in [0.1, 0.15) is 26.3 Å². The Kier molecular flexibility index (Phi) is 6.13. The normalized spacial score (nSPS) is 16.6. The van der Waals surface area contributed by atoms with Crippen LogP contribution in [0.4, 0.5) is 0 Å². The Bertz CT molecular complexity index is 912. The highest BCUT2D eigenvalue weighted by Gasteiger charge is 2.17. The van der Waals surface area contributed by atoms with Gasteiger partial charge < -0.3 is 4.74 Å². The molecule has 1 fully saturated rings. The van der Waals surface area contributed by atoms with Gasteiger partial charge in [-0.15, -0.1) is 0 Å². The van der Waals surface area contributed by atoms with Crippen LogP contribution in [0.2, 0.25) is 0 Å². The maximum Gasteiger partial charge on any atom is 0.308 e. The van der Waals surface area contributed by atoms with E-state index in [0.29, 0.717) is 11.2 Å². The molecule has 0 unspecified atom stereocenters. The summed E-state index contributed by atoms with van der Waals surface area (Å²) >= 11 is 1.08. The van der Waals surface area contributed by atoms with Crippen LogP contribution in [0.5, 0.6) is 0 Å². The summed E-state index contributed by atoms with van der Waals surface area (Å²) in [4.78, 5) is 14.5. The lowest BCUT2D eigenvalue weighted by Crippen LogP contribution is -2.38. The van der Waals surface area contributed by atoms with Crippen molar-refractivity contribution in [2.75, 3.05) is 39.4 Å². The highest BCUT2D eigenvalue weighted by atomic mass is 32.2. The summed E-state index contributed by atoms with van der Waals surface area (Å²) in [5.41, 5.74) is 0.779. The molecule has 1 N–H and O–H groups in total. The molecule has 3 rings (SSSR count). The molecule has 0 bridgehead atoms. The van der Waals surface area contributed by atoms with E-state index in [2.05, 4.69) is 9.62 Å². The van der Waals surface area contributed by atoms with Crippen molar-refractivity contribution in [2.45, 2.75) is 31.2 Å². The lowest BCUT2D eigenvalue weighted by atomic mass is 10.3. The van der Waals surface area contributed by atoms with Gasteiger partial charge in [-0.3, -0.25) is 14.3 Å². The first-order chi connectivity index (χ1) is 12.4. The third-order valence-electron chi connectivity index (χ3n) is 4.46. The molecular formula is C17H25N3O4S2. The van der Waals surface area contributed by atoms with E-state index in [0.717, 1.165) is 56.1 Å². The second kappa shape index (κ2) is 8.18. The summed E-state index contributed by atoms with van der Waals surface area (Å²) in [6.07, 6.45) is 0.749. The van der Waals surface area contributed by atoms with Crippen molar-refractivity contribution in [3.8, 4) is 0 Å². The van der Waals surface area contributed by atoms with E-state index in [1.165, 1.54) is 0 Å². The number of sulfonamides is 1. The molecule has 0 amide bonds. The molecule has 1 aromatic carbocycles. The molecule has 1 aliphatic heterocycles. The average molecular weight is 400 g/mol. The number of nitrogens with one attached hydrogen (secondary N) is 1. The molecule has 1 saturated heterocycles. The molecule has 0 atom stereocenters. The monoisotopic (exact) mass is 399 g/mol. The second-order valence-corrected chi connectivity index (χ2v) is 9.43. The Morgan fingerprint density at radius 3 is 2.69 bits per heavy atom. The van der Waals surface area contributed by atoms with Gasteiger partial charge in [0.25, 0.3) is 0 Å². The molecule has 2 heterocycles. The van der Waals surface area contributed by atoms with Gasteiger partial charge in [-0.2, -0.15) is 0 Å². The lowest BCUT2D eigenvalue weighted by Gasteiger charge is -2.26. The van der Waals surface area contributed by atoms with Gasteiger partial charge in [0.05, 0.1) is 28.3 Å². The quantitative estimate of drug-likeness (QED) is 0.716. The first kappa shape index (κ1) is 19.5. The van der Waals surface area contributed by atoms with Gasteiger partial charge in [-0.25, -0.2) is 13.1 Å². The van der Waals surface area contributed by atoms with E-state index in [1.54, 1.807) is 22.8 Å². The largest absolute Gasteiger partial charge is 0.379 e. The van der Waals surface area contributed by atoms with Crippen LogP contribution in [-0.2, 0) is 14.8 Å². The summed E-state index contributed by atoms with van der Waals surface area (Å²) < 4.78 is 35.4. The molecule has 0 aliphatic carbocycles. The summed E-state index contributed by atoms with van der Waals surface area (Å²) in [5.74, 6) is 0.